The molecular weight excluding hydrogens is 413 g/mol. The summed E-state index contributed by atoms with van der Waals surface area (Å²) in [6.45, 7) is 1.73. The molecule has 3 aromatic rings. The van der Waals surface area contributed by atoms with E-state index in [2.05, 4.69) is 20.0 Å². The number of azide groups is 1. The van der Waals surface area contributed by atoms with E-state index in [-0.39, 0.29) is 24.5 Å². The van der Waals surface area contributed by atoms with E-state index in [0.717, 1.165) is 5.56 Å². The number of carbonyl (C=O) groups is 1. The molecule has 3 rings (SSSR count). The van der Waals surface area contributed by atoms with Crippen molar-refractivity contribution in [3.05, 3.63) is 80.4 Å². The largest absolute Gasteiger partial charge is 0.461 e. The summed E-state index contributed by atoms with van der Waals surface area (Å²) >= 11 is 12.0. The summed E-state index contributed by atoms with van der Waals surface area (Å²) in [5.41, 5.74) is 11.4. The van der Waals surface area contributed by atoms with Crippen LogP contribution in [0.5, 0.6) is 0 Å². The summed E-state index contributed by atoms with van der Waals surface area (Å²) in [4.78, 5) is 24.4. The Morgan fingerprint density at radius 1 is 1.00 bits per heavy atom. The normalized spacial score (nSPS) is 10.3. The molecule has 0 N–H and O–H groups in total. The first-order valence-electron chi connectivity index (χ1n) is 8.64. The fourth-order valence-corrected chi connectivity index (χ4v) is 2.91. The van der Waals surface area contributed by atoms with Crippen molar-refractivity contribution in [2.24, 2.45) is 5.11 Å². The second-order valence-electron chi connectivity index (χ2n) is 5.84. The molecule has 1 heterocycles. The molecule has 0 unspecified atom stereocenters. The maximum atomic E-state index is 12.5. The number of benzene rings is 2. The van der Waals surface area contributed by atoms with Crippen LogP contribution in [0.4, 0.5) is 0 Å². The van der Waals surface area contributed by atoms with Crippen molar-refractivity contribution < 1.29 is 9.53 Å². The number of aromatic nitrogens is 2. The fraction of sp³-hybridized carbons (Fsp3) is 0.150. The Bertz CT molecular complexity index is 1080. The molecular formula is C20H15Cl2N5O2. The van der Waals surface area contributed by atoms with Gasteiger partial charge in [-0.1, -0.05) is 52.6 Å². The zero-order valence-corrected chi connectivity index (χ0v) is 16.9. The monoisotopic (exact) mass is 427 g/mol. The van der Waals surface area contributed by atoms with Crippen LogP contribution in [-0.2, 0) is 11.3 Å². The molecule has 29 heavy (non-hydrogen) atoms. The summed E-state index contributed by atoms with van der Waals surface area (Å²) in [5, 5.41) is 4.69. The second-order valence-corrected chi connectivity index (χ2v) is 6.71. The Hall–Kier alpha value is -3.12. The number of carbonyl (C=O) groups excluding carboxylic acids is 1. The first-order chi connectivity index (χ1) is 14.0. The molecule has 0 atom stereocenters. The van der Waals surface area contributed by atoms with E-state index in [1.54, 1.807) is 55.5 Å². The van der Waals surface area contributed by atoms with Crippen molar-refractivity contribution in [2.75, 3.05) is 6.61 Å². The van der Waals surface area contributed by atoms with Gasteiger partial charge >= 0.3 is 5.97 Å². The summed E-state index contributed by atoms with van der Waals surface area (Å²) in [6.07, 6.45) is 0. The predicted octanol–water partition coefficient (Wildman–Crippen LogP) is 6.10. The van der Waals surface area contributed by atoms with Crippen LogP contribution in [0.3, 0.4) is 0 Å². The van der Waals surface area contributed by atoms with Crippen LogP contribution < -0.4 is 0 Å². The van der Waals surface area contributed by atoms with Crippen molar-refractivity contribution in [3.8, 4) is 22.5 Å². The van der Waals surface area contributed by atoms with E-state index in [1.807, 2.05) is 0 Å². The predicted molar refractivity (Wildman–Crippen MR) is 112 cm³/mol. The third-order valence-electron chi connectivity index (χ3n) is 3.96. The summed E-state index contributed by atoms with van der Waals surface area (Å²) in [7, 11) is 0. The van der Waals surface area contributed by atoms with Crippen LogP contribution in [-0.4, -0.2) is 22.5 Å². The Balaban J connectivity index is 2.27. The summed E-state index contributed by atoms with van der Waals surface area (Å²) < 4.78 is 5.11. The molecule has 0 aliphatic rings. The van der Waals surface area contributed by atoms with E-state index >= 15 is 0 Å². The van der Waals surface area contributed by atoms with Crippen LogP contribution >= 0.6 is 23.2 Å². The van der Waals surface area contributed by atoms with Gasteiger partial charge < -0.3 is 4.74 Å². The van der Waals surface area contributed by atoms with Crippen LogP contribution in [0.15, 0.2) is 53.6 Å². The van der Waals surface area contributed by atoms with Gasteiger partial charge in [-0.3, -0.25) is 0 Å². The molecule has 2 aromatic carbocycles. The van der Waals surface area contributed by atoms with Gasteiger partial charge in [0.25, 0.3) is 0 Å². The molecule has 7 nitrogen and oxygen atoms in total. The molecule has 0 saturated carbocycles. The van der Waals surface area contributed by atoms with E-state index in [1.165, 1.54) is 0 Å². The van der Waals surface area contributed by atoms with E-state index in [0.29, 0.717) is 27.0 Å². The topological polar surface area (TPSA) is 101 Å². The van der Waals surface area contributed by atoms with Crippen LogP contribution in [0, 0.1) is 0 Å². The standard InChI is InChI=1S/C20H15Cl2N5O2/c1-2-29-20(28)19-16(11-24-27-23)25-17(12-3-7-14(21)8-4-12)18(26-19)13-5-9-15(22)10-6-13/h3-10H,2,11H2,1H3. The Morgan fingerprint density at radius 2 is 1.52 bits per heavy atom. The first kappa shape index (κ1) is 20.6. The number of esters is 1. The van der Waals surface area contributed by atoms with Crippen molar-refractivity contribution in [1.29, 1.82) is 0 Å². The molecule has 0 amide bonds. The van der Waals surface area contributed by atoms with E-state index < -0.39 is 5.97 Å². The quantitative estimate of drug-likeness (QED) is 0.205. The van der Waals surface area contributed by atoms with Crippen molar-refractivity contribution in [2.45, 2.75) is 13.5 Å². The van der Waals surface area contributed by atoms with Crippen molar-refractivity contribution in [3.63, 3.8) is 0 Å². The van der Waals surface area contributed by atoms with Gasteiger partial charge in [-0.25, -0.2) is 14.8 Å². The van der Waals surface area contributed by atoms with E-state index in [9.17, 15) is 4.79 Å². The molecule has 0 bridgehead atoms. The Kier molecular flexibility index (Phi) is 6.67. The average molecular weight is 428 g/mol. The van der Waals surface area contributed by atoms with Gasteiger partial charge in [0.1, 0.15) is 0 Å². The molecule has 0 aliphatic heterocycles. The molecule has 0 radical (unpaired) electrons. The lowest BCUT2D eigenvalue weighted by atomic mass is 10.0. The summed E-state index contributed by atoms with van der Waals surface area (Å²) in [6, 6.07) is 14.1. The number of nitrogens with zero attached hydrogens (tertiary/aromatic N) is 5. The smallest absolute Gasteiger partial charge is 0.358 e. The van der Waals surface area contributed by atoms with Crippen LogP contribution in [0.2, 0.25) is 10.0 Å². The van der Waals surface area contributed by atoms with Crippen LogP contribution in [0.1, 0.15) is 23.1 Å². The van der Waals surface area contributed by atoms with Gasteiger partial charge in [0.05, 0.1) is 30.2 Å². The van der Waals surface area contributed by atoms with Gasteiger partial charge in [0, 0.05) is 26.1 Å². The van der Waals surface area contributed by atoms with Gasteiger partial charge in [-0.15, -0.1) is 0 Å². The Labute approximate surface area is 176 Å². The highest BCUT2D eigenvalue weighted by molar-refractivity contribution is 6.31. The van der Waals surface area contributed by atoms with Gasteiger partial charge in [0.2, 0.25) is 0 Å². The third-order valence-corrected chi connectivity index (χ3v) is 4.46. The highest BCUT2D eigenvalue weighted by Crippen LogP contribution is 2.32. The second kappa shape index (κ2) is 9.39. The molecule has 146 valence electrons. The highest BCUT2D eigenvalue weighted by atomic mass is 35.5. The summed E-state index contributed by atoms with van der Waals surface area (Å²) in [5.74, 6) is -0.638. The molecule has 0 fully saturated rings. The number of hydrogen-bond donors (Lipinski definition) is 0. The number of halogens is 2. The van der Waals surface area contributed by atoms with Gasteiger partial charge in [-0.2, -0.15) is 0 Å². The molecule has 9 heteroatoms. The highest BCUT2D eigenvalue weighted by Gasteiger charge is 2.21. The lowest BCUT2D eigenvalue weighted by Gasteiger charge is -2.14. The number of rotatable bonds is 6. The third kappa shape index (κ3) is 4.84. The molecule has 1 aromatic heterocycles. The SMILES string of the molecule is CCOC(=O)c1nc(-c2ccc(Cl)cc2)c(-c2ccc(Cl)cc2)nc1CN=[N+]=[N-]. The molecule has 0 aliphatic carbocycles. The maximum absolute atomic E-state index is 12.5. The van der Waals surface area contributed by atoms with Gasteiger partial charge in [-0.05, 0) is 36.7 Å². The fourth-order valence-electron chi connectivity index (χ4n) is 2.66. The zero-order valence-electron chi connectivity index (χ0n) is 15.3. The van der Waals surface area contributed by atoms with Crippen LogP contribution in [0.25, 0.3) is 33.0 Å². The number of ether oxygens (including phenoxy) is 1. The first-order valence-corrected chi connectivity index (χ1v) is 9.39. The minimum absolute atomic E-state index is 0.00177. The lowest BCUT2D eigenvalue weighted by molar-refractivity contribution is 0.0517. The maximum Gasteiger partial charge on any atom is 0.358 e. The van der Waals surface area contributed by atoms with Crippen molar-refractivity contribution in [1.82, 2.24) is 9.97 Å². The molecule has 0 saturated heterocycles. The Morgan fingerprint density at radius 3 is 2.00 bits per heavy atom. The molecule has 0 spiro atoms. The lowest BCUT2D eigenvalue weighted by Crippen LogP contribution is -2.14. The van der Waals surface area contributed by atoms with Crippen molar-refractivity contribution >= 4 is 29.2 Å². The number of hydrogen-bond acceptors (Lipinski definition) is 5. The minimum atomic E-state index is -0.638. The van der Waals surface area contributed by atoms with E-state index in [4.69, 9.17) is 33.5 Å². The minimum Gasteiger partial charge on any atom is -0.461 e. The zero-order chi connectivity index (χ0) is 20.8. The average Bonchev–Trinajstić information content (AvgIpc) is 2.73. The van der Waals surface area contributed by atoms with Gasteiger partial charge in [0.15, 0.2) is 5.69 Å².